The number of rotatable bonds is 9. The van der Waals surface area contributed by atoms with Crippen molar-refractivity contribution >= 4 is 29.9 Å². The number of ether oxygens (including phenoxy) is 2. The topological polar surface area (TPSA) is 54.9 Å². The van der Waals surface area contributed by atoms with Gasteiger partial charge in [-0.1, -0.05) is 12.8 Å². The van der Waals surface area contributed by atoms with E-state index in [9.17, 15) is 0 Å². The van der Waals surface area contributed by atoms with Gasteiger partial charge in [0.15, 0.2) is 5.96 Å². The van der Waals surface area contributed by atoms with E-state index in [1.807, 2.05) is 0 Å². The molecule has 24 heavy (non-hydrogen) atoms. The molecule has 0 radical (unpaired) electrons. The average molecular weight is 453 g/mol. The third-order valence-electron chi connectivity index (χ3n) is 4.85. The van der Waals surface area contributed by atoms with Gasteiger partial charge in [-0.2, -0.15) is 0 Å². The maximum atomic E-state index is 5.99. The molecule has 1 saturated carbocycles. The van der Waals surface area contributed by atoms with E-state index in [1.165, 1.54) is 32.1 Å². The molecule has 142 valence electrons. The summed E-state index contributed by atoms with van der Waals surface area (Å²) in [7, 11) is 0. The molecule has 2 fully saturated rings. The van der Waals surface area contributed by atoms with Crippen molar-refractivity contribution in [1.29, 1.82) is 0 Å². The van der Waals surface area contributed by atoms with Gasteiger partial charge in [-0.25, -0.2) is 0 Å². The van der Waals surface area contributed by atoms with Crippen molar-refractivity contribution in [3.63, 3.8) is 0 Å². The number of aliphatic imine (C=N–C) groups is 1. The third-order valence-corrected chi connectivity index (χ3v) is 4.85. The molecule has 0 bridgehead atoms. The zero-order valence-electron chi connectivity index (χ0n) is 15.4. The van der Waals surface area contributed by atoms with Crippen molar-refractivity contribution < 1.29 is 9.47 Å². The van der Waals surface area contributed by atoms with Crippen LogP contribution in [0.15, 0.2) is 4.99 Å². The Labute approximate surface area is 164 Å². The molecule has 0 amide bonds. The molecule has 6 heteroatoms. The average Bonchev–Trinajstić information content (AvgIpc) is 3.25. The number of nitrogens with one attached hydrogen (secondary N) is 2. The monoisotopic (exact) mass is 453 g/mol. The van der Waals surface area contributed by atoms with Crippen LogP contribution in [0.3, 0.4) is 0 Å². The minimum Gasteiger partial charge on any atom is -0.378 e. The molecular weight excluding hydrogens is 417 g/mol. The summed E-state index contributed by atoms with van der Waals surface area (Å²) >= 11 is 0. The third kappa shape index (κ3) is 7.87. The van der Waals surface area contributed by atoms with Gasteiger partial charge in [0.25, 0.3) is 0 Å². The first-order valence-corrected chi connectivity index (χ1v) is 9.58. The van der Waals surface area contributed by atoms with Gasteiger partial charge in [-0.15, -0.1) is 24.0 Å². The first kappa shape index (κ1) is 22.0. The normalized spacial score (nSPS) is 23.1. The second kappa shape index (κ2) is 13.2. The predicted molar refractivity (Wildman–Crippen MR) is 110 cm³/mol. The van der Waals surface area contributed by atoms with E-state index in [4.69, 9.17) is 9.47 Å². The van der Waals surface area contributed by atoms with Gasteiger partial charge >= 0.3 is 0 Å². The van der Waals surface area contributed by atoms with E-state index in [1.54, 1.807) is 0 Å². The molecule has 0 aromatic carbocycles. The van der Waals surface area contributed by atoms with E-state index in [0.29, 0.717) is 12.2 Å². The molecule has 2 rings (SSSR count). The molecular formula is C18H36IN3O2. The summed E-state index contributed by atoms with van der Waals surface area (Å²) in [6.45, 7) is 8.46. The van der Waals surface area contributed by atoms with E-state index in [2.05, 4.69) is 29.5 Å². The summed E-state index contributed by atoms with van der Waals surface area (Å²) in [5, 5.41) is 6.78. The Balaban J connectivity index is 0.00000288. The molecule has 0 aromatic rings. The van der Waals surface area contributed by atoms with Gasteiger partial charge in [0.05, 0.1) is 18.8 Å². The molecule has 1 aliphatic heterocycles. The van der Waals surface area contributed by atoms with Crippen LogP contribution >= 0.6 is 24.0 Å². The molecule has 5 nitrogen and oxygen atoms in total. The van der Waals surface area contributed by atoms with Crippen molar-refractivity contribution in [2.75, 3.05) is 32.8 Å². The van der Waals surface area contributed by atoms with Crippen molar-refractivity contribution in [2.45, 2.75) is 71.0 Å². The number of guanidine groups is 1. The zero-order valence-corrected chi connectivity index (χ0v) is 17.7. The smallest absolute Gasteiger partial charge is 0.191 e. The van der Waals surface area contributed by atoms with Crippen LogP contribution in [0.5, 0.6) is 0 Å². The van der Waals surface area contributed by atoms with Gasteiger partial charge in [-0.3, -0.25) is 4.99 Å². The van der Waals surface area contributed by atoms with Crippen LogP contribution in [-0.4, -0.2) is 51.0 Å². The first-order valence-electron chi connectivity index (χ1n) is 9.58. The Morgan fingerprint density at radius 2 is 1.96 bits per heavy atom. The summed E-state index contributed by atoms with van der Waals surface area (Å²) in [4.78, 5) is 4.66. The fourth-order valence-electron chi connectivity index (χ4n) is 3.65. The summed E-state index contributed by atoms with van der Waals surface area (Å²) in [5.74, 6) is 1.66. The number of halogens is 1. The van der Waals surface area contributed by atoms with Gasteiger partial charge < -0.3 is 20.1 Å². The Morgan fingerprint density at radius 1 is 1.17 bits per heavy atom. The lowest BCUT2D eigenvalue weighted by Crippen LogP contribution is -2.40. The quantitative estimate of drug-likeness (QED) is 0.320. The lowest BCUT2D eigenvalue weighted by atomic mass is 9.98. The minimum atomic E-state index is 0. The summed E-state index contributed by atoms with van der Waals surface area (Å²) in [6, 6.07) is 0. The molecule has 2 N–H and O–H groups in total. The highest BCUT2D eigenvalue weighted by Crippen LogP contribution is 2.30. The van der Waals surface area contributed by atoms with E-state index in [0.717, 1.165) is 57.6 Å². The molecule has 2 atom stereocenters. The van der Waals surface area contributed by atoms with Crippen LogP contribution in [0.1, 0.15) is 58.8 Å². The van der Waals surface area contributed by atoms with Crippen LogP contribution in [0.4, 0.5) is 0 Å². The summed E-state index contributed by atoms with van der Waals surface area (Å²) in [6.07, 6.45) is 9.47. The molecule has 2 unspecified atom stereocenters. The Morgan fingerprint density at radius 3 is 2.58 bits per heavy atom. The Bertz CT molecular complexity index is 343. The highest BCUT2D eigenvalue weighted by atomic mass is 127. The second-order valence-corrected chi connectivity index (χ2v) is 6.61. The van der Waals surface area contributed by atoms with Crippen LogP contribution < -0.4 is 10.6 Å². The van der Waals surface area contributed by atoms with Gasteiger partial charge in [0, 0.05) is 26.3 Å². The number of hydrogen-bond donors (Lipinski definition) is 2. The molecule has 0 aromatic heterocycles. The number of nitrogens with zero attached hydrogens (tertiary/aromatic N) is 1. The Hall–Kier alpha value is -0.0800. The lowest BCUT2D eigenvalue weighted by molar-refractivity contribution is 0.0169. The van der Waals surface area contributed by atoms with E-state index >= 15 is 0 Å². The molecule has 1 heterocycles. The molecule has 1 saturated heterocycles. The first-order chi connectivity index (χ1) is 11.3. The lowest BCUT2D eigenvalue weighted by Gasteiger charge is -2.24. The maximum absolute atomic E-state index is 5.99. The fraction of sp³-hybridized carbons (Fsp3) is 0.944. The molecule has 1 aliphatic carbocycles. The van der Waals surface area contributed by atoms with E-state index < -0.39 is 0 Å². The van der Waals surface area contributed by atoms with Crippen molar-refractivity contribution in [3.05, 3.63) is 0 Å². The predicted octanol–water partition coefficient (Wildman–Crippen LogP) is 3.32. The van der Waals surface area contributed by atoms with Gasteiger partial charge in [0.1, 0.15) is 0 Å². The molecule has 2 aliphatic rings. The maximum Gasteiger partial charge on any atom is 0.191 e. The fourth-order valence-corrected chi connectivity index (χ4v) is 3.65. The van der Waals surface area contributed by atoms with Crippen LogP contribution in [0, 0.1) is 5.92 Å². The summed E-state index contributed by atoms with van der Waals surface area (Å²) < 4.78 is 11.6. The molecule has 0 spiro atoms. The van der Waals surface area contributed by atoms with Gasteiger partial charge in [-0.05, 0) is 51.9 Å². The van der Waals surface area contributed by atoms with E-state index in [-0.39, 0.29) is 24.0 Å². The van der Waals surface area contributed by atoms with Crippen molar-refractivity contribution in [2.24, 2.45) is 10.9 Å². The van der Waals surface area contributed by atoms with Crippen LogP contribution in [0.25, 0.3) is 0 Å². The van der Waals surface area contributed by atoms with Crippen molar-refractivity contribution in [1.82, 2.24) is 10.6 Å². The minimum absolute atomic E-state index is 0. The van der Waals surface area contributed by atoms with Crippen LogP contribution in [0.2, 0.25) is 0 Å². The SMILES string of the molecule is CCNC(=NCC1CCCO1)NCCC(OCC)C1CCCC1.I. The standard InChI is InChI=1S/C18H35N3O2.HI/c1-3-19-18(21-14-16-10-7-13-23-16)20-12-11-17(22-4-2)15-8-5-6-9-15;/h15-17H,3-14H2,1-2H3,(H2,19,20,21);1H. The highest BCUT2D eigenvalue weighted by molar-refractivity contribution is 14.0. The van der Waals surface area contributed by atoms with Crippen molar-refractivity contribution in [3.8, 4) is 0 Å². The second-order valence-electron chi connectivity index (χ2n) is 6.61. The summed E-state index contributed by atoms with van der Waals surface area (Å²) in [5.41, 5.74) is 0. The Kier molecular flexibility index (Phi) is 12.0. The zero-order chi connectivity index (χ0) is 16.3. The highest BCUT2D eigenvalue weighted by Gasteiger charge is 2.25. The largest absolute Gasteiger partial charge is 0.378 e. The van der Waals surface area contributed by atoms with Gasteiger partial charge in [0.2, 0.25) is 0 Å². The number of hydrogen-bond acceptors (Lipinski definition) is 3. The van der Waals surface area contributed by atoms with Crippen LogP contribution in [-0.2, 0) is 9.47 Å².